The fraction of sp³-hybridized carbons (Fsp3) is 0.269. The summed E-state index contributed by atoms with van der Waals surface area (Å²) >= 11 is 0. The lowest BCUT2D eigenvalue weighted by Crippen LogP contribution is -2.32. The van der Waals surface area contributed by atoms with Crippen LogP contribution in [-0.4, -0.2) is 35.3 Å². The molecule has 1 aliphatic rings. The van der Waals surface area contributed by atoms with Crippen molar-refractivity contribution in [3.05, 3.63) is 76.1 Å². The minimum absolute atomic E-state index is 0.0103. The van der Waals surface area contributed by atoms with E-state index < -0.39 is 17.7 Å². The summed E-state index contributed by atoms with van der Waals surface area (Å²) in [6.07, 6.45) is 3.35. The maximum absolute atomic E-state index is 15.0. The van der Waals surface area contributed by atoms with E-state index in [9.17, 15) is 14.4 Å². The van der Waals surface area contributed by atoms with Gasteiger partial charge in [-0.2, -0.15) is 10.2 Å². The van der Waals surface area contributed by atoms with Gasteiger partial charge in [0.1, 0.15) is 17.7 Å². The Morgan fingerprint density at radius 3 is 2.76 bits per heavy atom. The van der Waals surface area contributed by atoms with Crippen LogP contribution >= 0.6 is 0 Å². The van der Waals surface area contributed by atoms with Gasteiger partial charge in [-0.1, -0.05) is 13.8 Å². The Kier molecular flexibility index (Phi) is 5.26. The maximum Gasteiger partial charge on any atom is 0.330 e. The third-order valence-electron chi connectivity index (χ3n) is 6.51. The molecule has 0 saturated carbocycles. The number of aromatic nitrogens is 6. The van der Waals surface area contributed by atoms with Gasteiger partial charge >= 0.3 is 5.69 Å². The van der Waals surface area contributed by atoms with E-state index in [1.54, 1.807) is 39.9 Å². The molecule has 1 unspecified atom stereocenters. The number of fused-ring (bicyclic) bond motifs is 3. The summed E-state index contributed by atoms with van der Waals surface area (Å²) in [6.45, 7) is 4.47. The number of benzene rings is 2. The highest BCUT2D eigenvalue weighted by Gasteiger charge is 2.33. The van der Waals surface area contributed by atoms with Gasteiger partial charge in [-0.3, -0.25) is 13.7 Å². The zero-order valence-corrected chi connectivity index (χ0v) is 20.0. The molecule has 1 atom stereocenters. The Morgan fingerprint density at radius 1 is 1.16 bits per heavy atom. The third kappa shape index (κ3) is 3.56. The molecule has 0 amide bonds. The maximum atomic E-state index is 15.0. The lowest BCUT2D eigenvalue weighted by Gasteiger charge is -2.27. The molecule has 0 spiro atoms. The van der Waals surface area contributed by atoms with Crippen LogP contribution in [0.25, 0.3) is 28.1 Å². The zero-order chi connectivity index (χ0) is 25.8. The number of nitriles is 1. The number of hydrogen-bond acceptors (Lipinski definition) is 6. The van der Waals surface area contributed by atoms with Gasteiger partial charge in [-0.05, 0) is 36.2 Å². The van der Waals surface area contributed by atoms with Crippen molar-refractivity contribution in [3.63, 3.8) is 0 Å². The molecular formula is C26H21F2N7O2. The second kappa shape index (κ2) is 8.51. The summed E-state index contributed by atoms with van der Waals surface area (Å²) in [7, 11) is 0. The Labute approximate surface area is 209 Å². The van der Waals surface area contributed by atoms with Crippen molar-refractivity contribution in [2.24, 2.45) is 5.92 Å². The highest BCUT2D eigenvalue weighted by atomic mass is 19.1. The molecule has 186 valence electrons. The molecule has 4 heterocycles. The summed E-state index contributed by atoms with van der Waals surface area (Å²) in [4.78, 5) is 27.4. The van der Waals surface area contributed by atoms with E-state index in [-0.39, 0.29) is 47.5 Å². The zero-order valence-electron chi connectivity index (χ0n) is 20.0. The van der Waals surface area contributed by atoms with Crippen LogP contribution in [0.15, 0.2) is 47.7 Å². The summed E-state index contributed by atoms with van der Waals surface area (Å²) in [5, 5.41) is 9.33. The quantitative estimate of drug-likeness (QED) is 0.367. The van der Waals surface area contributed by atoms with Gasteiger partial charge in [0.25, 0.3) is 0 Å². The predicted molar refractivity (Wildman–Crippen MR) is 131 cm³/mol. The molecule has 11 heteroatoms. The second-order valence-electron chi connectivity index (χ2n) is 9.39. The summed E-state index contributed by atoms with van der Waals surface area (Å²) in [5.41, 5.74) is 2.09. The minimum Gasteiger partial charge on any atom is -0.490 e. The van der Waals surface area contributed by atoms with Crippen molar-refractivity contribution in [2.45, 2.75) is 32.9 Å². The first-order valence-corrected chi connectivity index (χ1v) is 11.8. The van der Waals surface area contributed by atoms with Crippen LogP contribution in [0.2, 0.25) is 0 Å². The Morgan fingerprint density at radius 2 is 1.97 bits per heavy atom. The van der Waals surface area contributed by atoms with Crippen molar-refractivity contribution in [2.75, 3.05) is 6.61 Å². The number of ether oxygens (including phenoxy) is 1. The van der Waals surface area contributed by atoms with Gasteiger partial charge in [-0.25, -0.2) is 23.5 Å². The summed E-state index contributed by atoms with van der Waals surface area (Å²) in [5.74, 6) is -1.17. The van der Waals surface area contributed by atoms with Crippen LogP contribution < -0.4 is 10.4 Å². The number of nitrogens with zero attached hydrogens (tertiary/aromatic N) is 7. The molecule has 1 aliphatic heterocycles. The second-order valence-corrected chi connectivity index (χ2v) is 9.39. The largest absolute Gasteiger partial charge is 0.490 e. The number of rotatable bonds is 4. The Hall–Kier alpha value is -4.59. The lowest BCUT2D eigenvalue weighted by atomic mass is 9.99. The molecule has 37 heavy (non-hydrogen) atoms. The van der Waals surface area contributed by atoms with Gasteiger partial charge in [0.15, 0.2) is 17.2 Å². The van der Waals surface area contributed by atoms with Crippen LogP contribution in [0.5, 0.6) is 5.75 Å². The summed E-state index contributed by atoms with van der Waals surface area (Å²) in [6, 6.07) is 8.42. The molecule has 3 aromatic heterocycles. The van der Waals surface area contributed by atoms with Gasteiger partial charge in [0, 0.05) is 13.0 Å². The lowest BCUT2D eigenvalue weighted by molar-refractivity contribution is 0.237. The van der Waals surface area contributed by atoms with Gasteiger partial charge in [-0.15, -0.1) is 0 Å². The first-order chi connectivity index (χ1) is 17.9. The fourth-order valence-electron chi connectivity index (χ4n) is 4.91. The Bertz CT molecular complexity index is 1800. The first kappa shape index (κ1) is 22.8. The Balaban J connectivity index is 1.62. The van der Waals surface area contributed by atoms with Crippen LogP contribution in [-0.2, 0) is 6.54 Å². The number of imidazole rings is 2. The molecule has 0 bridgehead atoms. The normalized spacial score (nSPS) is 15.2. The number of halogens is 2. The monoisotopic (exact) mass is 501 g/mol. The van der Waals surface area contributed by atoms with Gasteiger partial charge in [0.2, 0.25) is 5.95 Å². The fourth-order valence-corrected chi connectivity index (χ4v) is 4.91. The molecule has 0 fully saturated rings. The van der Waals surface area contributed by atoms with Crippen molar-refractivity contribution >= 4 is 22.2 Å². The molecule has 6 rings (SSSR count). The highest BCUT2D eigenvalue weighted by molar-refractivity contribution is 5.79. The molecule has 0 saturated heterocycles. The number of hydrogen-bond donors (Lipinski definition) is 0. The average molecular weight is 501 g/mol. The average Bonchev–Trinajstić information content (AvgIpc) is 3.43. The molecule has 0 aliphatic carbocycles. The minimum atomic E-state index is -0.824. The van der Waals surface area contributed by atoms with Crippen LogP contribution in [0.3, 0.4) is 0 Å². The third-order valence-corrected chi connectivity index (χ3v) is 6.51. The van der Waals surface area contributed by atoms with Crippen LogP contribution in [0.1, 0.15) is 37.4 Å². The SMILES string of the molecule is CC(C)Cn1c(=O)n(C2CCOc3c(F)ccc(F)c32)c2nc(-n3cnc4ccc(C#N)cc43)ncc21. The molecule has 5 aromatic rings. The predicted octanol–water partition coefficient (Wildman–Crippen LogP) is 4.11. The van der Waals surface area contributed by atoms with Crippen molar-refractivity contribution in [1.29, 1.82) is 5.26 Å². The van der Waals surface area contributed by atoms with E-state index in [4.69, 9.17) is 9.72 Å². The molecular weight excluding hydrogens is 480 g/mol. The summed E-state index contributed by atoms with van der Waals surface area (Å²) < 4.78 is 39.6. The van der Waals surface area contributed by atoms with Crippen LogP contribution in [0.4, 0.5) is 8.78 Å². The smallest absolute Gasteiger partial charge is 0.330 e. The topological polar surface area (TPSA) is 104 Å². The van der Waals surface area contributed by atoms with Gasteiger partial charge in [0.05, 0.1) is 47.1 Å². The van der Waals surface area contributed by atoms with Gasteiger partial charge < -0.3 is 4.74 Å². The van der Waals surface area contributed by atoms with E-state index in [1.165, 1.54) is 4.57 Å². The van der Waals surface area contributed by atoms with Crippen molar-refractivity contribution < 1.29 is 13.5 Å². The first-order valence-electron chi connectivity index (χ1n) is 11.8. The van der Waals surface area contributed by atoms with E-state index in [0.717, 1.165) is 12.1 Å². The van der Waals surface area contributed by atoms with Crippen LogP contribution in [0, 0.1) is 28.9 Å². The molecule has 0 N–H and O–H groups in total. The van der Waals surface area contributed by atoms with E-state index in [1.807, 2.05) is 13.8 Å². The molecule has 2 aromatic carbocycles. The van der Waals surface area contributed by atoms with E-state index in [2.05, 4.69) is 16.0 Å². The van der Waals surface area contributed by atoms with E-state index in [0.29, 0.717) is 28.7 Å². The molecule has 9 nitrogen and oxygen atoms in total. The molecule has 0 radical (unpaired) electrons. The standard InChI is InChI=1S/C26H21F2N7O2/c1-14(2)12-33-21-11-30-25(34-13-31-18-6-3-15(10-29)9-20(18)34)32-24(21)35(26(33)36)19-7-8-37-23-17(28)5-4-16(27)22(19)23/h3-6,9,11,13-14,19H,7-8,12H2,1-2H3. The van der Waals surface area contributed by atoms with Crippen molar-refractivity contribution in [3.8, 4) is 17.8 Å². The van der Waals surface area contributed by atoms with Crippen molar-refractivity contribution in [1.82, 2.24) is 28.7 Å². The van der Waals surface area contributed by atoms with E-state index >= 15 is 4.39 Å². The highest BCUT2D eigenvalue weighted by Crippen LogP contribution is 2.39.